The molecular weight excluding hydrogens is 434 g/mol. The summed E-state index contributed by atoms with van der Waals surface area (Å²) in [7, 11) is 0. The van der Waals surface area contributed by atoms with Gasteiger partial charge in [0.15, 0.2) is 5.75 Å². The van der Waals surface area contributed by atoms with Crippen LogP contribution < -0.4 is 15.7 Å². The molecule has 0 spiro atoms. The number of benzene rings is 1. The van der Waals surface area contributed by atoms with Crippen molar-refractivity contribution in [2.24, 2.45) is 5.92 Å². The Morgan fingerprint density at radius 3 is 2.65 bits per heavy atom. The van der Waals surface area contributed by atoms with Gasteiger partial charge < -0.3 is 9.72 Å². The molecule has 1 aromatic carbocycles. The van der Waals surface area contributed by atoms with Crippen LogP contribution in [0.25, 0.3) is 21.3 Å². The van der Waals surface area contributed by atoms with Crippen LogP contribution in [-0.2, 0) is 6.54 Å². The van der Waals surface area contributed by atoms with Gasteiger partial charge in [0.25, 0.3) is 5.56 Å². The molecule has 0 saturated heterocycles. The van der Waals surface area contributed by atoms with Gasteiger partial charge in [-0.15, -0.1) is 11.3 Å². The molecule has 0 unspecified atom stereocenters. The highest BCUT2D eigenvalue weighted by Gasteiger charge is 2.16. The Bertz CT molecular complexity index is 1350. The van der Waals surface area contributed by atoms with Crippen molar-refractivity contribution in [1.82, 2.24) is 14.5 Å². The van der Waals surface area contributed by atoms with E-state index in [9.17, 15) is 9.59 Å². The van der Waals surface area contributed by atoms with Crippen LogP contribution in [0.2, 0.25) is 5.02 Å². The summed E-state index contributed by atoms with van der Waals surface area (Å²) in [6.45, 7) is 6.50. The topological polar surface area (TPSA) is 77.0 Å². The molecule has 1 N–H and O–H groups in total. The van der Waals surface area contributed by atoms with Crippen molar-refractivity contribution < 1.29 is 4.74 Å². The van der Waals surface area contributed by atoms with Crippen molar-refractivity contribution in [2.75, 3.05) is 6.61 Å². The van der Waals surface area contributed by atoms with Gasteiger partial charge in [0.1, 0.15) is 10.7 Å². The number of pyridine rings is 1. The molecular formula is C23H22ClN3O3S. The van der Waals surface area contributed by atoms with Crippen molar-refractivity contribution in [3.8, 4) is 16.9 Å². The Morgan fingerprint density at radius 1 is 1.23 bits per heavy atom. The highest BCUT2D eigenvalue weighted by molar-refractivity contribution is 7.17. The van der Waals surface area contributed by atoms with Crippen LogP contribution in [0, 0.1) is 12.8 Å². The molecule has 4 aromatic rings. The van der Waals surface area contributed by atoms with E-state index in [-0.39, 0.29) is 23.3 Å². The minimum atomic E-state index is -0.216. The second-order valence-corrected chi connectivity index (χ2v) is 9.07. The molecule has 3 heterocycles. The molecule has 0 saturated carbocycles. The summed E-state index contributed by atoms with van der Waals surface area (Å²) >= 11 is 7.44. The fourth-order valence-electron chi connectivity index (χ4n) is 3.29. The van der Waals surface area contributed by atoms with Crippen LogP contribution in [0.3, 0.4) is 0 Å². The summed E-state index contributed by atoms with van der Waals surface area (Å²) in [5.41, 5.74) is 1.98. The highest BCUT2D eigenvalue weighted by atomic mass is 35.5. The number of aromatic amines is 1. The maximum absolute atomic E-state index is 13.4. The number of hydrogen-bond acceptors (Lipinski definition) is 5. The third kappa shape index (κ3) is 4.43. The number of halogens is 1. The largest absolute Gasteiger partial charge is 0.488 e. The quantitative estimate of drug-likeness (QED) is 0.450. The number of ether oxygens (including phenoxy) is 1. The Balaban J connectivity index is 1.72. The van der Waals surface area contributed by atoms with Gasteiger partial charge in [0.05, 0.1) is 18.5 Å². The molecule has 160 valence electrons. The lowest BCUT2D eigenvalue weighted by atomic mass is 10.1. The Morgan fingerprint density at radius 2 is 1.97 bits per heavy atom. The summed E-state index contributed by atoms with van der Waals surface area (Å²) in [6.07, 6.45) is 1.55. The van der Waals surface area contributed by atoms with Crippen molar-refractivity contribution in [3.63, 3.8) is 0 Å². The standard InChI is InChI=1S/C23H22ClN3O3S/c1-13(2)11-30-20-9-25-17(8-19(20)28)10-27-14(3)26-22-21(23(27)29)18(12-31-22)15-4-6-16(24)7-5-15/h4-9,12-13H,10-11H2,1-3H3,(H,25,28). The zero-order valence-electron chi connectivity index (χ0n) is 17.4. The zero-order chi connectivity index (χ0) is 22.1. The second-order valence-electron chi connectivity index (χ2n) is 7.78. The molecule has 0 aliphatic carbocycles. The first-order chi connectivity index (χ1) is 14.8. The van der Waals surface area contributed by atoms with Crippen molar-refractivity contribution >= 4 is 33.2 Å². The molecule has 0 atom stereocenters. The van der Waals surface area contributed by atoms with E-state index in [1.807, 2.05) is 31.4 Å². The first-order valence-corrected chi connectivity index (χ1v) is 11.2. The minimum absolute atomic E-state index is 0.144. The summed E-state index contributed by atoms with van der Waals surface area (Å²) < 4.78 is 7.12. The Labute approximate surface area is 188 Å². The summed E-state index contributed by atoms with van der Waals surface area (Å²) in [6, 6.07) is 8.85. The first kappa shape index (κ1) is 21.3. The highest BCUT2D eigenvalue weighted by Crippen LogP contribution is 2.31. The molecule has 4 rings (SSSR count). The normalized spacial score (nSPS) is 11.4. The third-order valence-electron chi connectivity index (χ3n) is 4.88. The van der Waals surface area contributed by atoms with E-state index in [0.717, 1.165) is 11.1 Å². The summed E-state index contributed by atoms with van der Waals surface area (Å²) in [4.78, 5) is 34.2. The maximum Gasteiger partial charge on any atom is 0.263 e. The zero-order valence-corrected chi connectivity index (χ0v) is 19.0. The number of rotatable bonds is 6. The van der Waals surface area contributed by atoms with Gasteiger partial charge in [0.2, 0.25) is 5.43 Å². The van der Waals surface area contributed by atoms with Crippen LogP contribution in [0.15, 0.2) is 51.5 Å². The molecule has 0 fully saturated rings. The van der Waals surface area contributed by atoms with E-state index in [2.05, 4.69) is 9.97 Å². The fourth-order valence-corrected chi connectivity index (χ4v) is 4.39. The Kier molecular flexibility index (Phi) is 5.98. The van der Waals surface area contributed by atoms with E-state index in [1.165, 1.54) is 17.4 Å². The van der Waals surface area contributed by atoms with Crippen LogP contribution in [0.5, 0.6) is 5.75 Å². The smallest absolute Gasteiger partial charge is 0.263 e. The minimum Gasteiger partial charge on any atom is -0.488 e. The van der Waals surface area contributed by atoms with E-state index < -0.39 is 0 Å². The predicted octanol–water partition coefficient (Wildman–Crippen LogP) is 4.86. The van der Waals surface area contributed by atoms with Crippen molar-refractivity contribution in [2.45, 2.75) is 27.3 Å². The Hall–Kier alpha value is -2.90. The van der Waals surface area contributed by atoms with Gasteiger partial charge in [-0.1, -0.05) is 37.6 Å². The number of nitrogens with zero attached hydrogens (tertiary/aromatic N) is 2. The van der Waals surface area contributed by atoms with Gasteiger partial charge in [-0.2, -0.15) is 0 Å². The van der Waals surface area contributed by atoms with E-state index in [4.69, 9.17) is 16.3 Å². The van der Waals surface area contributed by atoms with Crippen molar-refractivity contribution in [3.05, 3.63) is 79.0 Å². The predicted molar refractivity (Wildman–Crippen MR) is 126 cm³/mol. The fraction of sp³-hybridized carbons (Fsp3) is 0.261. The summed E-state index contributed by atoms with van der Waals surface area (Å²) in [5, 5.41) is 3.14. The van der Waals surface area contributed by atoms with Crippen LogP contribution >= 0.6 is 22.9 Å². The van der Waals surface area contributed by atoms with Crippen LogP contribution in [0.4, 0.5) is 0 Å². The number of H-pyrrole nitrogens is 1. The number of nitrogens with one attached hydrogen (secondary N) is 1. The van der Waals surface area contributed by atoms with Crippen LogP contribution in [0.1, 0.15) is 25.4 Å². The lowest BCUT2D eigenvalue weighted by Crippen LogP contribution is -2.25. The molecule has 3 aromatic heterocycles. The number of fused-ring (bicyclic) bond motifs is 1. The molecule has 0 amide bonds. The third-order valence-corrected chi connectivity index (χ3v) is 6.00. The molecule has 6 nitrogen and oxygen atoms in total. The molecule has 0 aliphatic heterocycles. The molecule has 31 heavy (non-hydrogen) atoms. The van der Waals surface area contributed by atoms with E-state index in [1.54, 1.807) is 29.8 Å². The SMILES string of the molecule is Cc1nc2scc(-c3ccc(Cl)cc3)c2c(=O)n1Cc1cc(=O)c(OCC(C)C)c[nH]1. The van der Waals surface area contributed by atoms with E-state index >= 15 is 0 Å². The van der Waals surface area contributed by atoms with Gasteiger partial charge in [-0.05, 0) is 30.5 Å². The van der Waals surface area contributed by atoms with Gasteiger partial charge in [-0.25, -0.2) is 4.98 Å². The number of aryl methyl sites for hydroxylation is 1. The molecule has 0 aliphatic rings. The lowest BCUT2D eigenvalue weighted by Gasteiger charge is -2.12. The second kappa shape index (κ2) is 8.69. The molecule has 0 radical (unpaired) electrons. The lowest BCUT2D eigenvalue weighted by molar-refractivity contribution is 0.267. The van der Waals surface area contributed by atoms with Gasteiger partial charge in [-0.3, -0.25) is 14.2 Å². The average molecular weight is 456 g/mol. The average Bonchev–Trinajstić information content (AvgIpc) is 3.14. The maximum atomic E-state index is 13.4. The first-order valence-electron chi connectivity index (χ1n) is 9.92. The van der Waals surface area contributed by atoms with E-state index in [0.29, 0.717) is 39.3 Å². The monoisotopic (exact) mass is 455 g/mol. The molecule has 8 heteroatoms. The van der Waals surface area contributed by atoms with Crippen LogP contribution in [-0.4, -0.2) is 21.1 Å². The van der Waals surface area contributed by atoms with Gasteiger partial charge in [0, 0.05) is 33.9 Å². The summed E-state index contributed by atoms with van der Waals surface area (Å²) in [5.74, 6) is 1.18. The van der Waals surface area contributed by atoms with Crippen molar-refractivity contribution in [1.29, 1.82) is 0 Å². The molecule has 0 bridgehead atoms. The van der Waals surface area contributed by atoms with Gasteiger partial charge >= 0.3 is 0 Å². The number of aromatic nitrogens is 3. The number of thiophene rings is 1. The number of hydrogen-bond donors (Lipinski definition) is 1.